The first kappa shape index (κ1) is 14.9. The zero-order valence-electron chi connectivity index (χ0n) is 12.2. The first-order valence-corrected chi connectivity index (χ1v) is 6.95. The lowest BCUT2D eigenvalue weighted by Crippen LogP contribution is -2.37. The maximum atomic E-state index is 13.5. The highest BCUT2D eigenvalue weighted by atomic mass is 19.2. The summed E-state index contributed by atoms with van der Waals surface area (Å²) in [5.41, 5.74) is 6.71. The van der Waals surface area contributed by atoms with Gasteiger partial charge >= 0.3 is 0 Å². The van der Waals surface area contributed by atoms with Crippen LogP contribution < -0.4 is 5.73 Å². The molecule has 3 nitrogen and oxygen atoms in total. The van der Waals surface area contributed by atoms with Gasteiger partial charge in [0, 0.05) is 30.6 Å². The Balaban J connectivity index is 2.55. The third-order valence-electron chi connectivity index (χ3n) is 3.19. The standard InChI is InChI=1S/C15H21F2N3/c1-4-5-6-14-19-12-7-10(16)11(17)8-13(12)20(14)9-15(2,3)18/h7-8H,4-6,9,18H2,1-3H3. The molecule has 0 saturated heterocycles. The Bertz CT molecular complexity index is 612. The molecule has 1 aromatic heterocycles. The number of unbranched alkanes of at least 4 members (excludes halogenated alkanes) is 1. The maximum absolute atomic E-state index is 13.5. The highest BCUT2D eigenvalue weighted by Crippen LogP contribution is 2.22. The van der Waals surface area contributed by atoms with Gasteiger partial charge < -0.3 is 10.3 Å². The SMILES string of the molecule is CCCCc1nc2cc(F)c(F)cc2n1CC(C)(C)N. The van der Waals surface area contributed by atoms with E-state index in [2.05, 4.69) is 11.9 Å². The van der Waals surface area contributed by atoms with Crippen molar-refractivity contribution < 1.29 is 8.78 Å². The number of aromatic nitrogens is 2. The van der Waals surface area contributed by atoms with Crippen molar-refractivity contribution in [3.8, 4) is 0 Å². The molecule has 0 atom stereocenters. The van der Waals surface area contributed by atoms with Crippen LogP contribution in [0.15, 0.2) is 12.1 Å². The number of aryl methyl sites for hydroxylation is 1. The predicted molar refractivity (Wildman–Crippen MR) is 76.5 cm³/mol. The van der Waals surface area contributed by atoms with Gasteiger partial charge in [0.25, 0.3) is 0 Å². The van der Waals surface area contributed by atoms with Crippen LogP contribution in [0, 0.1) is 11.6 Å². The first-order chi connectivity index (χ1) is 9.31. The Kier molecular flexibility index (Phi) is 4.09. The maximum Gasteiger partial charge on any atom is 0.161 e. The molecule has 0 fully saturated rings. The van der Waals surface area contributed by atoms with Crippen molar-refractivity contribution in [2.24, 2.45) is 5.73 Å². The molecule has 110 valence electrons. The molecule has 0 aliphatic heterocycles. The van der Waals surface area contributed by atoms with Crippen molar-refractivity contribution in [2.75, 3.05) is 0 Å². The van der Waals surface area contributed by atoms with E-state index < -0.39 is 17.2 Å². The minimum Gasteiger partial charge on any atom is -0.326 e. The average molecular weight is 281 g/mol. The Morgan fingerprint density at radius 2 is 1.90 bits per heavy atom. The van der Waals surface area contributed by atoms with Gasteiger partial charge in [0.2, 0.25) is 0 Å². The summed E-state index contributed by atoms with van der Waals surface area (Å²) in [6.45, 7) is 6.43. The van der Waals surface area contributed by atoms with E-state index in [0.29, 0.717) is 17.6 Å². The van der Waals surface area contributed by atoms with Crippen LogP contribution in [0.3, 0.4) is 0 Å². The highest BCUT2D eigenvalue weighted by Gasteiger charge is 2.19. The molecule has 0 bridgehead atoms. The fourth-order valence-corrected chi connectivity index (χ4v) is 2.28. The van der Waals surface area contributed by atoms with E-state index in [4.69, 9.17) is 5.73 Å². The fraction of sp³-hybridized carbons (Fsp3) is 0.533. The summed E-state index contributed by atoms with van der Waals surface area (Å²) in [6, 6.07) is 2.36. The van der Waals surface area contributed by atoms with Gasteiger partial charge in [0.05, 0.1) is 11.0 Å². The lowest BCUT2D eigenvalue weighted by atomic mass is 10.1. The number of nitrogens with two attached hydrogens (primary N) is 1. The minimum atomic E-state index is -0.865. The Labute approximate surface area is 117 Å². The number of hydrogen-bond acceptors (Lipinski definition) is 2. The molecule has 0 radical (unpaired) electrons. The predicted octanol–water partition coefficient (Wildman–Crippen LogP) is 3.39. The molecule has 0 aliphatic carbocycles. The number of fused-ring (bicyclic) bond motifs is 1. The van der Waals surface area contributed by atoms with Crippen molar-refractivity contribution in [3.63, 3.8) is 0 Å². The molecule has 0 unspecified atom stereocenters. The van der Waals surface area contributed by atoms with Crippen LogP contribution in [0.1, 0.15) is 39.4 Å². The van der Waals surface area contributed by atoms with Gasteiger partial charge in [-0.15, -0.1) is 0 Å². The third-order valence-corrected chi connectivity index (χ3v) is 3.19. The molecule has 0 saturated carbocycles. The Morgan fingerprint density at radius 1 is 1.25 bits per heavy atom. The number of halogens is 2. The zero-order valence-corrected chi connectivity index (χ0v) is 12.2. The van der Waals surface area contributed by atoms with Crippen molar-refractivity contribution >= 4 is 11.0 Å². The number of imidazole rings is 1. The summed E-state index contributed by atoms with van der Waals surface area (Å²) < 4.78 is 28.7. The van der Waals surface area contributed by atoms with E-state index in [9.17, 15) is 8.78 Å². The first-order valence-electron chi connectivity index (χ1n) is 6.95. The summed E-state index contributed by atoms with van der Waals surface area (Å²) in [4.78, 5) is 4.44. The summed E-state index contributed by atoms with van der Waals surface area (Å²) in [5.74, 6) is -0.878. The van der Waals surface area contributed by atoms with E-state index in [1.807, 2.05) is 18.4 Å². The molecule has 1 heterocycles. The number of benzene rings is 1. The number of rotatable bonds is 5. The van der Waals surface area contributed by atoms with Crippen LogP contribution in [0.2, 0.25) is 0 Å². The lowest BCUT2D eigenvalue weighted by molar-refractivity contribution is 0.429. The summed E-state index contributed by atoms with van der Waals surface area (Å²) in [7, 11) is 0. The van der Waals surface area contributed by atoms with Crippen LogP contribution in [0.25, 0.3) is 11.0 Å². The van der Waals surface area contributed by atoms with E-state index >= 15 is 0 Å². The van der Waals surface area contributed by atoms with E-state index in [-0.39, 0.29) is 0 Å². The van der Waals surface area contributed by atoms with Gasteiger partial charge in [-0.3, -0.25) is 0 Å². The highest BCUT2D eigenvalue weighted by molar-refractivity contribution is 5.76. The molecule has 1 aromatic carbocycles. The molecule has 0 amide bonds. The number of hydrogen-bond donors (Lipinski definition) is 1. The van der Waals surface area contributed by atoms with Crippen LogP contribution in [0.5, 0.6) is 0 Å². The van der Waals surface area contributed by atoms with Crippen LogP contribution >= 0.6 is 0 Å². The van der Waals surface area contributed by atoms with Gasteiger partial charge in [-0.05, 0) is 20.3 Å². The molecule has 0 spiro atoms. The number of nitrogens with zero attached hydrogens (tertiary/aromatic N) is 2. The molecular weight excluding hydrogens is 260 g/mol. The molecule has 2 N–H and O–H groups in total. The van der Waals surface area contributed by atoms with Gasteiger partial charge in [0.15, 0.2) is 11.6 Å². The molecule has 2 aromatic rings. The van der Waals surface area contributed by atoms with Crippen LogP contribution in [-0.2, 0) is 13.0 Å². The van der Waals surface area contributed by atoms with Gasteiger partial charge in [0.1, 0.15) is 5.82 Å². The zero-order chi connectivity index (χ0) is 14.9. The smallest absolute Gasteiger partial charge is 0.161 e. The van der Waals surface area contributed by atoms with Crippen LogP contribution in [0.4, 0.5) is 8.78 Å². The van der Waals surface area contributed by atoms with Gasteiger partial charge in [-0.2, -0.15) is 0 Å². The van der Waals surface area contributed by atoms with Crippen molar-refractivity contribution in [3.05, 3.63) is 29.6 Å². The van der Waals surface area contributed by atoms with Crippen molar-refractivity contribution in [1.82, 2.24) is 9.55 Å². The molecular formula is C15H21F2N3. The molecule has 2 rings (SSSR count). The Hall–Kier alpha value is -1.49. The van der Waals surface area contributed by atoms with E-state index in [1.54, 1.807) is 0 Å². The van der Waals surface area contributed by atoms with E-state index in [1.165, 1.54) is 6.07 Å². The monoisotopic (exact) mass is 281 g/mol. The second kappa shape index (κ2) is 5.48. The quantitative estimate of drug-likeness (QED) is 0.913. The average Bonchev–Trinajstić information content (AvgIpc) is 2.63. The minimum absolute atomic E-state index is 0.445. The van der Waals surface area contributed by atoms with E-state index in [0.717, 1.165) is 31.2 Å². The van der Waals surface area contributed by atoms with Crippen molar-refractivity contribution in [1.29, 1.82) is 0 Å². The van der Waals surface area contributed by atoms with Crippen LogP contribution in [-0.4, -0.2) is 15.1 Å². The lowest BCUT2D eigenvalue weighted by Gasteiger charge is -2.21. The normalized spacial score (nSPS) is 12.3. The molecule has 5 heteroatoms. The topological polar surface area (TPSA) is 43.8 Å². The summed E-state index contributed by atoms with van der Waals surface area (Å²) in [6.07, 6.45) is 2.81. The second-order valence-corrected chi connectivity index (χ2v) is 5.96. The third kappa shape index (κ3) is 3.15. The summed E-state index contributed by atoms with van der Waals surface area (Å²) >= 11 is 0. The largest absolute Gasteiger partial charge is 0.326 e. The van der Waals surface area contributed by atoms with Gasteiger partial charge in [-0.1, -0.05) is 13.3 Å². The summed E-state index contributed by atoms with van der Waals surface area (Å²) in [5, 5.41) is 0. The second-order valence-electron chi connectivity index (χ2n) is 5.96. The molecule has 0 aliphatic rings. The Morgan fingerprint density at radius 3 is 2.50 bits per heavy atom. The van der Waals surface area contributed by atoms with Gasteiger partial charge in [-0.25, -0.2) is 13.8 Å². The fourth-order valence-electron chi connectivity index (χ4n) is 2.28. The van der Waals surface area contributed by atoms with Crippen molar-refractivity contribution in [2.45, 2.75) is 52.1 Å². The molecule has 20 heavy (non-hydrogen) atoms.